The minimum atomic E-state index is 0.479. The van der Waals surface area contributed by atoms with Crippen LogP contribution in [0.1, 0.15) is 0 Å². The highest BCUT2D eigenvalue weighted by molar-refractivity contribution is 9.10. The van der Waals surface area contributed by atoms with Crippen molar-refractivity contribution in [1.82, 2.24) is 15.0 Å². The second-order valence-corrected chi connectivity index (χ2v) is 4.92. The first-order valence-electron chi connectivity index (χ1n) is 4.99. The van der Waals surface area contributed by atoms with Crippen molar-refractivity contribution in [3.8, 4) is 11.4 Å². The van der Waals surface area contributed by atoms with Crippen molar-refractivity contribution in [2.45, 2.75) is 0 Å². The number of nitrogens with one attached hydrogen (secondary N) is 1. The van der Waals surface area contributed by atoms with Gasteiger partial charge < -0.3 is 4.98 Å². The molecule has 0 fully saturated rings. The van der Waals surface area contributed by atoms with Crippen LogP contribution >= 0.6 is 27.5 Å². The smallest absolute Gasteiger partial charge is 0.140 e. The third kappa shape index (κ3) is 2.06. The van der Waals surface area contributed by atoms with Crippen LogP contribution in [0.5, 0.6) is 0 Å². The summed E-state index contributed by atoms with van der Waals surface area (Å²) in [6, 6.07) is 9.56. The summed E-state index contributed by atoms with van der Waals surface area (Å²) in [7, 11) is 0. The molecule has 0 amide bonds. The van der Waals surface area contributed by atoms with Crippen LogP contribution in [0.2, 0.25) is 5.15 Å². The van der Waals surface area contributed by atoms with Crippen molar-refractivity contribution in [2.24, 2.45) is 0 Å². The highest BCUT2D eigenvalue weighted by Crippen LogP contribution is 2.23. The van der Waals surface area contributed by atoms with Crippen molar-refractivity contribution in [3.05, 3.63) is 46.2 Å². The predicted molar refractivity (Wildman–Crippen MR) is 72.0 cm³/mol. The maximum atomic E-state index is 5.75. The number of fused-ring (bicyclic) bond motifs is 1. The van der Waals surface area contributed by atoms with Crippen molar-refractivity contribution in [1.29, 1.82) is 0 Å². The topological polar surface area (TPSA) is 41.6 Å². The quantitative estimate of drug-likeness (QED) is 0.689. The summed E-state index contributed by atoms with van der Waals surface area (Å²) in [5.41, 5.74) is 2.84. The second-order valence-electron chi connectivity index (χ2n) is 3.62. The Morgan fingerprint density at radius 3 is 2.82 bits per heavy atom. The molecular weight excluding hydrogens is 302 g/mol. The van der Waals surface area contributed by atoms with Gasteiger partial charge in [-0.15, -0.1) is 0 Å². The first kappa shape index (κ1) is 10.7. The minimum absolute atomic E-state index is 0.479. The number of nitrogens with zero attached hydrogens (tertiary/aromatic N) is 2. The van der Waals surface area contributed by atoms with Crippen LogP contribution in [0.15, 0.2) is 41.0 Å². The molecule has 1 aromatic carbocycles. The number of benzene rings is 1. The number of aromatic nitrogens is 3. The molecule has 0 atom stereocenters. The Hall–Kier alpha value is -1.39. The normalized spacial score (nSPS) is 10.9. The van der Waals surface area contributed by atoms with Crippen LogP contribution in [-0.4, -0.2) is 15.0 Å². The van der Waals surface area contributed by atoms with Crippen LogP contribution in [0, 0.1) is 0 Å². The van der Waals surface area contributed by atoms with E-state index in [4.69, 9.17) is 11.6 Å². The van der Waals surface area contributed by atoms with Crippen LogP contribution in [0.25, 0.3) is 22.4 Å². The average molecular weight is 309 g/mol. The molecule has 0 saturated heterocycles. The molecule has 3 nitrogen and oxygen atoms in total. The third-order valence-corrected chi connectivity index (χ3v) is 3.16. The van der Waals surface area contributed by atoms with Gasteiger partial charge in [0, 0.05) is 16.2 Å². The van der Waals surface area contributed by atoms with Crippen LogP contribution in [0.3, 0.4) is 0 Å². The van der Waals surface area contributed by atoms with E-state index < -0.39 is 0 Å². The molecule has 5 heteroatoms. The summed E-state index contributed by atoms with van der Waals surface area (Å²) in [5, 5.41) is 0.479. The average Bonchev–Trinajstić information content (AvgIpc) is 2.72. The van der Waals surface area contributed by atoms with Gasteiger partial charge in [0.25, 0.3) is 0 Å². The van der Waals surface area contributed by atoms with Crippen molar-refractivity contribution >= 4 is 38.6 Å². The molecule has 0 radical (unpaired) electrons. The lowest BCUT2D eigenvalue weighted by molar-refractivity contribution is 1.27. The largest absolute Gasteiger partial charge is 0.338 e. The maximum absolute atomic E-state index is 5.75. The first-order valence-corrected chi connectivity index (χ1v) is 6.17. The number of hydrogen-bond donors (Lipinski definition) is 1. The molecule has 0 saturated carbocycles. The fourth-order valence-electron chi connectivity index (χ4n) is 1.63. The van der Waals surface area contributed by atoms with Crippen molar-refractivity contribution < 1.29 is 0 Å². The minimum Gasteiger partial charge on any atom is -0.338 e. The van der Waals surface area contributed by atoms with Gasteiger partial charge in [0.1, 0.15) is 11.0 Å². The number of pyridine rings is 1. The first-order chi connectivity index (χ1) is 8.22. The van der Waals surface area contributed by atoms with E-state index in [1.165, 1.54) is 0 Å². The Balaban J connectivity index is 2.14. The Morgan fingerprint density at radius 2 is 2.06 bits per heavy atom. The number of hydrogen-bond acceptors (Lipinski definition) is 2. The lowest BCUT2D eigenvalue weighted by Gasteiger charge is -1.94. The number of rotatable bonds is 1. The molecule has 0 aliphatic rings. The van der Waals surface area contributed by atoms with E-state index in [9.17, 15) is 0 Å². The van der Waals surface area contributed by atoms with E-state index in [-0.39, 0.29) is 0 Å². The van der Waals surface area contributed by atoms with Crippen LogP contribution in [-0.2, 0) is 0 Å². The monoisotopic (exact) mass is 307 g/mol. The third-order valence-electron chi connectivity index (χ3n) is 2.44. The fraction of sp³-hybridized carbons (Fsp3) is 0. The standard InChI is InChI=1S/C12H7BrClN3/c13-8-2-3-9-10(5-8)17-12(16-9)7-1-4-11(14)15-6-7/h1-6H,(H,16,17). The Kier molecular flexibility index (Phi) is 2.61. The van der Waals surface area contributed by atoms with E-state index in [0.29, 0.717) is 5.15 Å². The summed E-state index contributed by atoms with van der Waals surface area (Å²) >= 11 is 9.18. The van der Waals surface area contributed by atoms with Crippen molar-refractivity contribution in [2.75, 3.05) is 0 Å². The van der Waals surface area contributed by atoms with E-state index in [2.05, 4.69) is 30.9 Å². The number of imidazole rings is 1. The summed E-state index contributed by atoms with van der Waals surface area (Å²) in [6.45, 7) is 0. The van der Waals surface area contributed by atoms with Gasteiger partial charge in [-0.3, -0.25) is 0 Å². The number of aromatic amines is 1. The highest BCUT2D eigenvalue weighted by atomic mass is 79.9. The van der Waals surface area contributed by atoms with Gasteiger partial charge in [0.05, 0.1) is 11.0 Å². The second kappa shape index (κ2) is 4.13. The molecule has 3 aromatic rings. The molecule has 0 aliphatic carbocycles. The van der Waals surface area contributed by atoms with Crippen LogP contribution in [0.4, 0.5) is 0 Å². The van der Waals surface area contributed by atoms with Gasteiger partial charge in [0.15, 0.2) is 0 Å². The van der Waals surface area contributed by atoms with Gasteiger partial charge in [-0.1, -0.05) is 27.5 Å². The van der Waals surface area contributed by atoms with Gasteiger partial charge >= 0.3 is 0 Å². The summed E-state index contributed by atoms with van der Waals surface area (Å²) in [4.78, 5) is 11.8. The van der Waals surface area contributed by atoms with Gasteiger partial charge in [-0.25, -0.2) is 9.97 Å². The summed E-state index contributed by atoms with van der Waals surface area (Å²) in [6.07, 6.45) is 1.70. The van der Waals surface area contributed by atoms with E-state index in [1.54, 1.807) is 12.3 Å². The highest BCUT2D eigenvalue weighted by Gasteiger charge is 2.05. The van der Waals surface area contributed by atoms with Gasteiger partial charge in [0.2, 0.25) is 0 Å². The lowest BCUT2D eigenvalue weighted by Crippen LogP contribution is -1.81. The van der Waals surface area contributed by atoms with E-state index >= 15 is 0 Å². The van der Waals surface area contributed by atoms with Gasteiger partial charge in [-0.2, -0.15) is 0 Å². The molecule has 1 N–H and O–H groups in total. The fourth-order valence-corrected chi connectivity index (χ4v) is 2.11. The maximum Gasteiger partial charge on any atom is 0.140 e. The summed E-state index contributed by atoms with van der Waals surface area (Å²) < 4.78 is 1.02. The molecule has 84 valence electrons. The molecule has 17 heavy (non-hydrogen) atoms. The SMILES string of the molecule is Clc1ccc(-c2nc3ccc(Br)cc3[nH]2)cn1. The predicted octanol–water partition coefficient (Wildman–Crippen LogP) is 4.04. The zero-order valence-electron chi connectivity index (χ0n) is 8.61. The molecule has 0 aliphatic heterocycles. The molecule has 2 aromatic heterocycles. The molecule has 2 heterocycles. The number of H-pyrrole nitrogens is 1. The molecule has 0 spiro atoms. The van der Waals surface area contributed by atoms with Gasteiger partial charge in [-0.05, 0) is 30.3 Å². The lowest BCUT2D eigenvalue weighted by atomic mass is 10.3. The Labute approximate surface area is 111 Å². The number of halogens is 2. The molecular formula is C12H7BrClN3. The van der Waals surface area contributed by atoms with E-state index in [1.807, 2.05) is 24.3 Å². The molecule has 0 bridgehead atoms. The Bertz CT molecular complexity index is 676. The summed E-state index contributed by atoms with van der Waals surface area (Å²) in [5.74, 6) is 0.794. The zero-order valence-corrected chi connectivity index (χ0v) is 11.0. The zero-order chi connectivity index (χ0) is 11.8. The molecule has 3 rings (SSSR count). The Morgan fingerprint density at radius 1 is 1.18 bits per heavy atom. The van der Waals surface area contributed by atoms with Crippen molar-refractivity contribution in [3.63, 3.8) is 0 Å². The molecule has 0 unspecified atom stereocenters. The van der Waals surface area contributed by atoms with E-state index in [0.717, 1.165) is 26.9 Å². The van der Waals surface area contributed by atoms with Crippen LogP contribution < -0.4 is 0 Å².